The molecule has 0 fully saturated rings. The molecule has 0 bridgehead atoms. The number of nitrogens with one attached hydrogen (secondary N) is 1. The highest BCUT2D eigenvalue weighted by molar-refractivity contribution is 7.99. The number of benzene rings is 2. The van der Waals surface area contributed by atoms with Gasteiger partial charge in [0.25, 0.3) is 0 Å². The van der Waals surface area contributed by atoms with Crippen LogP contribution in [0.2, 0.25) is 0 Å². The van der Waals surface area contributed by atoms with E-state index < -0.39 is 0 Å². The number of hydrogen-bond donors (Lipinski definition) is 1. The zero-order valence-electron chi connectivity index (χ0n) is 15.0. The molecule has 0 saturated heterocycles. The van der Waals surface area contributed by atoms with E-state index in [0.29, 0.717) is 16.7 Å². The predicted molar refractivity (Wildman–Crippen MR) is 102 cm³/mol. The first-order valence-corrected chi connectivity index (χ1v) is 9.26. The Morgan fingerprint density at radius 2 is 1.93 bits per heavy atom. The molecule has 1 aromatic heterocycles. The summed E-state index contributed by atoms with van der Waals surface area (Å²) in [5.41, 5.74) is 1.81. The van der Waals surface area contributed by atoms with E-state index in [1.807, 2.05) is 38.2 Å². The Kier molecular flexibility index (Phi) is 6.08. The van der Waals surface area contributed by atoms with Crippen molar-refractivity contribution in [1.82, 2.24) is 14.8 Å². The number of ether oxygens (including phenoxy) is 1. The summed E-state index contributed by atoms with van der Waals surface area (Å²) >= 11 is 1.30. The SMILES string of the molecule is Cc1ccccc1NC(=O)CSc1nnc(COc2ccc(F)cc2)n1C. The summed E-state index contributed by atoms with van der Waals surface area (Å²) in [6, 6.07) is 13.4. The van der Waals surface area contributed by atoms with Crippen molar-refractivity contribution in [3.05, 3.63) is 65.7 Å². The van der Waals surface area contributed by atoms with Crippen LogP contribution in [0.5, 0.6) is 5.75 Å². The fourth-order valence-electron chi connectivity index (χ4n) is 2.30. The van der Waals surface area contributed by atoms with Gasteiger partial charge in [-0.2, -0.15) is 0 Å². The first-order chi connectivity index (χ1) is 13.0. The molecule has 0 radical (unpaired) electrons. The number of aromatic nitrogens is 3. The zero-order valence-corrected chi connectivity index (χ0v) is 15.8. The molecular formula is C19H19FN4O2S. The molecule has 3 aromatic rings. The molecular weight excluding hydrogens is 367 g/mol. The minimum Gasteiger partial charge on any atom is -0.486 e. The maximum Gasteiger partial charge on any atom is 0.234 e. The standard InChI is InChI=1S/C19H19FN4O2S/c1-13-5-3-4-6-16(13)21-18(25)12-27-19-23-22-17(24(19)2)11-26-15-9-7-14(20)8-10-15/h3-10H,11-12H2,1-2H3,(H,21,25). The van der Waals surface area contributed by atoms with Gasteiger partial charge in [0, 0.05) is 12.7 Å². The highest BCUT2D eigenvalue weighted by atomic mass is 32.2. The van der Waals surface area contributed by atoms with Crippen LogP contribution in [-0.4, -0.2) is 26.4 Å². The second-order valence-corrected chi connectivity index (χ2v) is 6.79. The molecule has 0 saturated carbocycles. The van der Waals surface area contributed by atoms with Gasteiger partial charge in [0.2, 0.25) is 5.91 Å². The van der Waals surface area contributed by atoms with Gasteiger partial charge in [0.1, 0.15) is 18.2 Å². The number of nitrogens with zero attached hydrogens (tertiary/aromatic N) is 3. The molecule has 0 aliphatic rings. The van der Waals surface area contributed by atoms with E-state index >= 15 is 0 Å². The Morgan fingerprint density at radius 1 is 1.19 bits per heavy atom. The number of thioether (sulfide) groups is 1. The molecule has 1 N–H and O–H groups in total. The van der Waals surface area contributed by atoms with Gasteiger partial charge in [-0.15, -0.1) is 10.2 Å². The van der Waals surface area contributed by atoms with Crippen LogP contribution in [0.25, 0.3) is 0 Å². The molecule has 1 heterocycles. The lowest BCUT2D eigenvalue weighted by molar-refractivity contribution is -0.113. The van der Waals surface area contributed by atoms with E-state index in [1.54, 1.807) is 16.7 Å². The molecule has 8 heteroatoms. The van der Waals surface area contributed by atoms with Crippen LogP contribution in [0.3, 0.4) is 0 Å². The van der Waals surface area contributed by atoms with Gasteiger partial charge >= 0.3 is 0 Å². The van der Waals surface area contributed by atoms with Crippen molar-refractivity contribution in [2.75, 3.05) is 11.1 Å². The minimum atomic E-state index is -0.316. The molecule has 0 spiro atoms. The van der Waals surface area contributed by atoms with Crippen molar-refractivity contribution in [2.45, 2.75) is 18.7 Å². The van der Waals surface area contributed by atoms with Crippen LogP contribution < -0.4 is 10.1 Å². The van der Waals surface area contributed by atoms with Crippen LogP contribution in [0.1, 0.15) is 11.4 Å². The number of aryl methyl sites for hydroxylation is 1. The number of anilines is 1. The third-order valence-electron chi connectivity index (χ3n) is 3.86. The first-order valence-electron chi connectivity index (χ1n) is 8.28. The van der Waals surface area contributed by atoms with E-state index in [-0.39, 0.29) is 24.1 Å². The summed E-state index contributed by atoms with van der Waals surface area (Å²) in [5, 5.41) is 11.7. The van der Waals surface area contributed by atoms with Gasteiger partial charge in [0.05, 0.1) is 5.75 Å². The van der Waals surface area contributed by atoms with E-state index in [4.69, 9.17) is 4.74 Å². The zero-order chi connectivity index (χ0) is 19.2. The number of amides is 1. The van der Waals surface area contributed by atoms with Crippen LogP contribution in [0, 0.1) is 12.7 Å². The van der Waals surface area contributed by atoms with E-state index in [1.165, 1.54) is 23.9 Å². The van der Waals surface area contributed by atoms with Crippen molar-refractivity contribution in [1.29, 1.82) is 0 Å². The van der Waals surface area contributed by atoms with Gasteiger partial charge in [-0.3, -0.25) is 4.79 Å². The Hall–Kier alpha value is -2.87. The van der Waals surface area contributed by atoms with E-state index in [2.05, 4.69) is 15.5 Å². The number of rotatable bonds is 7. The first kappa shape index (κ1) is 18.9. The Labute approximate surface area is 160 Å². The fraction of sp³-hybridized carbons (Fsp3) is 0.211. The molecule has 6 nitrogen and oxygen atoms in total. The van der Waals surface area contributed by atoms with E-state index in [0.717, 1.165) is 11.3 Å². The maximum absolute atomic E-state index is 12.9. The second-order valence-electron chi connectivity index (χ2n) is 5.85. The third-order valence-corrected chi connectivity index (χ3v) is 4.88. The van der Waals surface area contributed by atoms with Gasteiger partial charge in [-0.25, -0.2) is 4.39 Å². The Bertz CT molecular complexity index is 928. The number of para-hydroxylation sites is 1. The van der Waals surface area contributed by atoms with E-state index in [9.17, 15) is 9.18 Å². The molecule has 2 aromatic carbocycles. The molecule has 27 heavy (non-hydrogen) atoms. The quantitative estimate of drug-likeness (QED) is 0.629. The van der Waals surface area contributed by atoms with Crippen molar-refractivity contribution >= 4 is 23.4 Å². The second kappa shape index (κ2) is 8.68. The number of halogens is 1. The Balaban J connectivity index is 1.53. The highest BCUT2D eigenvalue weighted by Crippen LogP contribution is 2.19. The lowest BCUT2D eigenvalue weighted by atomic mass is 10.2. The van der Waals surface area contributed by atoms with Crippen molar-refractivity contribution in [3.8, 4) is 5.75 Å². The number of hydrogen-bond acceptors (Lipinski definition) is 5. The van der Waals surface area contributed by atoms with Gasteiger partial charge in [-0.05, 0) is 42.8 Å². The average Bonchev–Trinajstić information content (AvgIpc) is 3.01. The van der Waals surface area contributed by atoms with Crippen LogP contribution in [-0.2, 0) is 18.4 Å². The topological polar surface area (TPSA) is 69.0 Å². The van der Waals surface area contributed by atoms with Crippen LogP contribution >= 0.6 is 11.8 Å². The monoisotopic (exact) mass is 386 g/mol. The molecule has 0 aliphatic heterocycles. The van der Waals surface area contributed by atoms with Crippen LogP contribution in [0.4, 0.5) is 10.1 Å². The van der Waals surface area contributed by atoms with Gasteiger partial charge in [0.15, 0.2) is 11.0 Å². The highest BCUT2D eigenvalue weighted by Gasteiger charge is 2.12. The lowest BCUT2D eigenvalue weighted by Gasteiger charge is -2.08. The average molecular weight is 386 g/mol. The normalized spacial score (nSPS) is 10.6. The summed E-state index contributed by atoms with van der Waals surface area (Å²) in [6.07, 6.45) is 0. The molecule has 0 unspecified atom stereocenters. The molecule has 140 valence electrons. The van der Waals surface area contributed by atoms with Gasteiger partial charge in [-0.1, -0.05) is 30.0 Å². The fourth-order valence-corrected chi connectivity index (χ4v) is 3.03. The summed E-state index contributed by atoms with van der Waals surface area (Å²) in [6.45, 7) is 2.14. The summed E-state index contributed by atoms with van der Waals surface area (Å²) in [7, 11) is 1.81. The molecule has 1 amide bonds. The van der Waals surface area contributed by atoms with Crippen molar-refractivity contribution in [2.24, 2.45) is 7.05 Å². The largest absolute Gasteiger partial charge is 0.486 e. The van der Waals surface area contributed by atoms with Gasteiger partial charge < -0.3 is 14.6 Å². The summed E-state index contributed by atoms with van der Waals surface area (Å²) in [4.78, 5) is 12.1. The maximum atomic E-state index is 12.9. The van der Waals surface area contributed by atoms with Crippen molar-refractivity contribution in [3.63, 3.8) is 0 Å². The summed E-state index contributed by atoms with van der Waals surface area (Å²) < 4.78 is 20.3. The third kappa shape index (κ3) is 5.07. The number of carbonyl (C=O) groups excluding carboxylic acids is 1. The molecule has 0 aliphatic carbocycles. The Morgan fingerprint density at radius 3 is 2.67 bits per heavy atom. The van der Waals surface area contributed by atoms with Crippen molar-refractivity contribution < 1.29 is 13.9 Å². The molecule has 3 rings (SSSR count). The predicted octanol–water partition coefficient (Wildman–Crippen LogP) is 3.57. The lowest BCUT2D eigenvalue weighted by Crippen LogP contribution is -2.15. The molecule has 0 atom stereocenters. The summed E-state index contributed by atoms with van der Waals surface area (Å²) in [5.74, 6) is 0.955. The smallest absolute Gasteiger partial charge is 0.234 e. The van der Waals surface area contributed by atoms with Crippen LogP contribution in [0.15, 0.2) is 53.7 Å². The number of carbonyl (C=O) groups is 1. The minimum absolute atomic E-state index is 0.110.